The first-order valence-electron chi connectivity index (χ1n) is 8.80. The number of amides is 2. The molecule has 1 aliphatic rings. The van der Waals surface area contributed by atoms with Crippen molar-refractivity contribution in [1.29, 1.82) is 0 Å². The van der Waals surface area contributed by atoms with Crippen molar-refractivity contribution < 1.29 is 9.59 Å². The van der Waals surface area contributed by atoms with Crippen molar-refractivity contribution in [1.82, 2.24) is 14.8 Å². The van der Waals surface area contributed by atoms with E-state index < -0.39 is 0 Å². The van der Waals surface area contributed by atoms with Crippen LogP contribution >= 0.6 is 22.7 Å². The fourth-order valence-electron chi connectivity index (χ4n) is 2.98. The lowest BCUT2D eigenvalue weighted by Gasteiger charge is -2.35. The van der Waals surface area contributed by atoms with Crippen LogP contribution in [0, 0.1) is 5.92 Å². The zero-order valence-electron chi connectivity index (χ0n) is 15.1. The van der Waals surface area contributed by atoms with E-state index in [-0.39, 0.29) is 18.2 Å². The molecule has 1 N–H and O–H groups in total. The normalized spacial score (nSPS) is 15.4. The predicted octanol–water partition coefficient (Wildman–Crippen LogP) is 2.80. The van der Waals surface area contributed by atoms with Crippen LogP contribution in [0.15, 0.2) is 22.9 Å². The molecule has 2 aromatic rings. The Morgan fingerprint density at radius 2 is 2.00 bits per heavy atom. The van der Waals surface area contributed by atoms with E-state index in [0.717, 1.165) is 32.7 Å². The van der Waals surface area contributed by atoms with Gasteiger partial charge < -0.3 is 4.90 Å². The Morgan fingerprint density at radius 1 is 1.23 bits per heavy atom. The second-order valence-electron chi connectivity index (χ2n) is 6.83. The smallest absolute Gasteiger partial charge is 0.267 e. The quantitative estimate of drug-likeness (QED) is 0.821. The standard InChI is InChI=1S/C18H24N4O2S2/c1-13(2)11-21-5-7-22(8-6-21)16(23)10-14-12-26-18(19-14)20-17(24)15-4-3-9-25-15/h3-4,9,12-13H,5-8,10-11H2,1-2H3,(H,19,20,24). The summed E-state index contributed by atoms with van der Waals surface area (Å²) in [4.78, 5) is 33.9. The van der Waals surface area contributed by atoms with Crippen molar-refractivity contribution in [2.24, 2.45) is 5.92 Å². The first-order valence-corrected chi connectivity index (χ1v) is 10.6. The molecular formula is C18H24N4O2S2. The van der Waals surface area contributed by atoms with E-state index in [9.17, 15) is 9.59 Å². The number of nitrogens with zero attached hydrogens (tertiary/aromatic N) is 3. The summed E-state index contributed by atoms with van der Waals surface area (Å²) in [6, 6.07) is 3.61. The number of piperazine rings is 1. The molecule has 0 aliphatic carbocycles. The number of thiazole rings is 1. The van der Waals surface area contributed by atoms with Gasteiger partial charge in [-0.3, -0.25) is 19.8 Å². The van der Waals surface area contributed by atoms with Crippen molar-refractivity contribution in [3.63, 3.8) is 0 Å². The number of anilines is 1. The highest BCUT2D eigenvalue weighted by Gasteiger charge is 2.22. The van der Waals surface area contributed by atoms with Gasteiger partial charge in [0.2, 0.25) is 5.91 Å². The SMILES string of the molecule is CC(C)CN1CCN(C(=O)Cc2csc(NC(=O)c3cccs3)n2)CC1. The number of carbonyl (C=O) groups is 2. The number of aromatic nitrogens is 1. The van der Waals surface area contributed by atoms with Gasteiger partial charge in [-0.15, -0.1) is 22.7 Å². The number of hydrogen-bond acceptors (Lipinski definition) is 6. The maximum Gasteiger partial charge on any atom is 0.267 e. The van der Waals surface area contributed by atoms with Gasteiger partial charge in [0.1, 0.15) is 0 Å². The van der Waals surface area contributed by atoms with Crippen LogP contribution in [0.4, 0.5) is 5.13 Å². The molecule has 26 heavy (non-hydrogen) atoms. The fourth-order valence-corrected chi connectivity index (χ4v) is 4.30. The van der Waals surface area contributed by atoms with Gasteiger partial charge in [-0.25, -0.2) is 4.98 Å². The predicted molar refractivity (Wildman–Crippen MR) is 106 cm³/mol. The number of rotatable bonds is 6. The molecule has 0 saturated carbocycles. The lowest BCUT2D eigenvalue weighted by molar-refractivity contribution is -0.132. The van der Waals surface area contributed by atoms with E-state index in [0.29, 0.717) is 21.6 Å². The molecule has 0 bridgehead atoms. The highest BCUT2D eigenvalue weighted by atomic mass is 32.1. The molecule has 3 heterocycles. The van der Waals surface area contributed by atoms with Crippen molar-refractivity contribution in [2.45, 2.75) is 20.3 Å². The highest BCUT2D eigenvalue weighted by Crippen LogP contribution is 2.19. The number of carbonyl (C=O) groups excluding carboxylic acids is 2. The minimum absolute atomic E-state index is 0.107. The van der Waals surface area contributed by atoms with Crippen LogP contribution in [-0.4, -0.2) is 59.3 Å². The van der Waals surface area contributed by atoms with Crippen LogP contribution in [0.25, 0.3) is 0 Å². The van der Waals surface area contributed by atoms with Crippen LogP contribution in [0.1, 0.15) is 29.2 Å². The van der Waals surface area contributed by atoms with Crippen molar-refractivity contribution in [3.8, 4) is 0 Å². The summed E-state index contributed by atoms with van der Waals surface area (Å²) in [5, 5.41) is 7.03. The molecule has 1 aliphatic heterocycles. The molecule has 6 nitrogen and oxygen atoms in total. The second kappa shape index (κ2) is 8.75. The Balaban J connectivity index is 1.48. The molecule has 2 amide bonds. The van der Waals surface area contributed by atoms with Crippen LogP contribution < -0.4 is 5.32 Å². The Morgan fingerprint density at radius 3 is 2.65 bits per heavy atom. The number of thiophene rings is 1. The van der Waals surface area contributed by atoms with Crippen molar-refractivity contribution >= 4 is 39.6 Å². The zero-order valence-corrected chi connectivity index (χ0v) is 16.7. The summed E-state index contributed by atoms with van der Waals surface area (Å²) < 4.78 is 0. The van der Waals surface area contributed by atoms with Crippen LogP contribution in [0.5, 0.6) is 0 Å². The molecule has 3 rings (SSSR count). The minimum Gasteiger partial charge on any atom is -0.340 e. The molecule has 0 radical (unpaired) electrons. The van der Waals surface area contributed by atoms with E-state index in [1.165, 1.54) is 22.7 Å². The van der Waals surface area contributed by atoms with E-state index in [2.05, 4.69) is 29.0 Å². The Labute approximate surface area is 161 Å². The zero-order chi connectivity index (χ0) is 18.5. The third kappa shape index (κ3) is 5.12. The highest BCUT2D eigenvalue weighted by molar-refractivity contribution is 7.14. The van der Waals surface area contributed by atoms with Gasteiger partial charge in [0, 0.05) is 38.1 Å². The van der Waals surface area contributed by atoms with Crippen LogP contribution in [-0.2, 0) is 11.2 Å². The molecule has 2 aromatic heterocycles. The van der Waals surface area contributed by atoms with Gasteiger partial charge in [0.25, 0.3) is 5.91 Å². The van der Waals surface area contributed by atoms with E-state index in [4.69, 9.17) is 0 Å². The second-order valence-corrected chi connectivity index (χ2v) is 8.63. The summed E-state index contributed by atoms with van der Waals surface area (Å²) in [5.74, 6) is 0.596. The fraction of sp³-hybridized carbons (Fsp3) is 0.500. The largest absolute Gasteiger partial charge is 0.340 e. The monoisotopic (exact) mass is 392 g/mol. The van der Waals surface area contributed by atoms with Gasteiger partial charge in [0.05, 0.1) is 17.0 Å². The maximum absolute atomic E-state index is 12.5. The van der Waals surface area contributed by atoms with E-state index in [1.54, 1.807) is 6.07 Å². The first-order chi connectivity index (χ1) is 12.5. The molecule has 0 unspecified atom stereocenters. The minimum atomic E-state index is -0.159. The van der Waals surface area contributed by atoms with Gasteiger partial charge in [-0.05, 0) is 17.4 Å². The summed E-state index contributed by atoms with van der Waals surface area (Å²) in [6.07, 6.45) is 0.287. The van der Waals surface area contributed by atoms with Gasteiger partial charge >= 0.3 is 0 Å². The Bertz CT molecular complexity index is 734. The average Bonchev–Trinajstić information content (AvgIpc) is 3.27. The van der Waals surface area contributed by atoms with Gasteiger partial charge in [0.15, 0.2) is 5.13 Å². The summed E-state index contributed by atoms with van der Waals surface area (Å²) in [7, 11) is 0. The summed E-state index contributed by atoms with van der Waals surface area (Å²) >= 11 is 2.74. The molecule has 140 valence electrons. The molecule has 1 saturated heterocycles. The molecule has 0 atom stereocenters. The Hall–Kier alpha value is -1.77. The molecule has 0 spiro atoms. The summed E-state index contributed by atoms with van der Waals surface area (Å²) in [6.45, 7) is 8.94. The third-order valence-electron chi connectivity index (χ3n) is 4.20. The van der Waals surface area contributed by atoms with Crippen LogP contribution in [0.2, 0.25) is 0 Å². The van der Waals surface area contributed by atoms with E-state index in [1.807, 2.05) is 21.7 Å². The molecular weight excluding hydrogens is 368 g/mol. The van der Waals surface area contributed by atoms with Gasteiger partial charge in [-0.2, -0.15) is 0 Å². The third-order valence-corrected chi connectivity index (χ3v) is 5.87. The van der Waals surface area contributed by atoms with E-state index >= 15 is 0 Å². The number of hydrogen-bond donors (Lipinski definition) is 1. The van der Waals surface area contributed by atoms with Crippen molar-refractivity contribution in [2.75, 3.05) is 38.0 Å². The van der Waals surface area contributed by atoms with Gasteiger partial charge in [-0.1, -0.05) is 19.9 Å². The van der Waals surface area contributed by atoms with Crippen LogP contribution in [0.3, 0.4) is 0 Å². The lowest BCUT2D eigenvalue weighted by Crippen LogP contribution is -2.49. The number of nitrogens with one attached hydrogen (secondary N) is 1. The molecule has 1 fully saturated rings. The van der Waals surface area contributed by atoms with Crippen molar-refractivity contribution in [3.05, 3.63) is 33.5 Å². The Kier molecular flexibility index (Phi) is 6.39. The first kappa shape index (κ1) is 19.0. The average molecular weight is 393 g/mol. The topological polar surface area (TPSA) is 65.5 Å². The lowest BCUT2D eigenvalue weighted by atomic mass is 10.2. The maximum atomic E-state index is 12.5. The molecule has 8 heteroatoms. The summed E-state index contributed by atoms with van der Waals surface area (Å²) in [5.41, 5.74) is 0.714. The molecule has 0 aromatic carbocycles.